The highest BCUT2D eigenvalue weighted by molar-refractivity contribution is 6.63. The molecule has 2 rings (SSSR count). The lowest BCUT2D eigenvalue weighted by Crippen LogP contribution is -2.15. The topological polar surface area (TPSA) is 106 Å². The van der Waals surface area contributed by atoms with Crippen LogP contribution in [0.3, 0.4) is 0 Å². The van der Waals surface area contributed by atoms with Gasteiger partial charge in [-0.15, -0.1) is 0 Å². The molecule has 0 bridgehead atoms. The smallest absolute Gasteiger partial charge is 0.269 e. The molecule has 1 N–H and O–H groups in total. The van der Waals surface area contributed by atoms with Gasteiger partial charge in [0, 0.05) is 29.7 Å². The number of aromatic nitrogens is 2. The van der Waals surface area contributed by atoms with Crippen LogP contribution >= 0.6 is 11.6 Å². The van der Waals surface area contributed by atoms with E-state index in [2.05, 4.69) is 10.2 Å². The lowest BCUT2D eigenvalue weighted by Gasteiger charge is -2.03. The summed E-state index contributed by atoms with van der Waals surface area (Å²) in [6.07, 6.45) is 0.258. The zero-order chi connectivity index (χ0) is 15.4. The van der Waals surface area contributed by atoms with Crippen LogP contribution in [0.4, 0.5) is 5.69 Å². The Labute approximate surface area is 123 Å². The van der Waals surface area contributed by atoms with Crippen LogP contribution in [0.2, 0.25) is 0 Å². The molecule has 0 aliphatic rings. The van der Waals surface area contributed by atoms with Crippen molar-refractivity contribution in [2.75, 3.05) is 0 Å². The lowest BCUT2D eigenvalue weighted by atomic mass is 10.1. The highest BCUT2D eigenvalue weighted by Gasteiger charge is 2.09. The number of halogens is 1. The van der Waals surface area contributed by atoms with Gasteiger partial charge in [0.25, 0.3) is 11.2 Å². The minimum absolute atomic E-state index is 0.0314. The van der Waals surface area contributed by atoms with E-state index in [1.54, 1.807) is 6.07 Å². The maximum atomic E-state index is 11.6. The van der Waals surface area contributed by atoms with Gasteiger partial charge in [-0.1, -0.05) is 0 Å². The van der Waals surface area contributed by atoms with Crippen LogP contribution < -0.4 is 5.56 Å². The van der Waals surface area contributed by atoms with Crippen molar-refractivity contribution < 1.29 is 9.72 Å². The number of aryl methyl sites for hydroxylation is 1. The van der Waals surface area contributed by atoms with Crippen molar-refractivity contribution in [3.63, 3.8) is 0 Å². The number of rotatable bonds is 5. The SMILES string of the molecule is O=C(Cl)CCc1cc(-c2ccc([N+](=O)[O-])cc2)n[nH]c1=O. The van der Waals surface area contributed by atoms with Crippen LogP contribution in [-0.2, 0) is 11.2 Å². The molecule has 0 amide bonds. The maximum absolute atomic E-state index is 11.6. The van der Waals surface area contributed by atoms with Gasteiger partial charge < -0.3 is 0 Å². The average molecular weight is 308 g/mol. The Kier molecular flexibility index (Phi) is 4.44. The summed E-state index contributed by atoms with van der Waals surface area (Å²) in [4.78, 5) is 32.5. The summed E-state index contributed by atoms with van der Waals surface area (Å²) in [5.74, 6) is 0. The molecule has 1 heterocycles. The number of non-ortho nitro benzene ring substituents is 1. The number of nitrogens with zero attached hydrogens (tertiary/aromatic N) is 2. The number of carbonyl (C=O) groups excluding carboxylic acids is 1. The molecule has 2 aromatic rings. The van der Waals surface area contributed by atoms with Gasteiger partial charge in [-0.05, 0) is 36.2 Å². The fourth-order valence-electron chi connectivity index (χ4n) is 1.77. The number of nitro groups is 1. The molecule has 0 atom stereocenters. The first-order valence-corrected chi connectivity index (χ1v) is 6.37. The van der Waals surface area contributed by atoms with Gasteiger partial charge in [0.15, 0.2) is 0 Å². The molecule has 0 saturated carbocycles. The summed E-state index contributed by atoms with van der Waals surface area (Å²) in [6.45, 7) is 0. The second-order valence-corrected chi connectivity index (χ2v) is 4.69. The van der Waals surface area contributed by atoms with Crippen molar-refractivity contribution in [1.82, 2.24) is 10.2 Å². The molecule has 8 heteroatoms. The summed E-state index contributed by atoms with van der Waals surface area (Å²) >= 11 is 5.25. The minimum Gasteiger partial charge on any atom is -0.281 e. The molecule has 1 aromatic carbocycles. The molecule has 7 nitrogen and oxygen atoms in total. The largest absolute Gasteiger partial charge is 0.281 e. The van der Waals surface area contributed by atoms with E-state index in [0.29, 0.717) is 16.8 Å². The Morgan fingerprint density at radius 3 is 2.57 bits per heavy atom. The number of hydrogen-bond donors (Lipinski definition) is 1. The average Bonchev–Trinajstić information content (AvgIpc) is 2.46. The fraction of sp³-hybridized carbons (Fsp3) is 0.154. The van der Waals surface area contributed by atoms with Crippen molar-refractivity contribution in [2.24, 2.45) is 0 Å². The standard InChI is InChI=1S/C13H10ClN3O4/c14-12(18)6-3-9-7-11(15-16-13(9)19)8-1-4-10(5-2-8)17(20)21/h1-2,4-5,7H,3,6H2,(H,16,19). The van der Waals surface area contributed by atoms with Crippen LogP contribution in [0, 0.1) is 10.1 Å². The number of nitro benzene ring substituents is 1. The van der Waals surface area contributed by atoms with Crippen molar-refractivity contribution >= 4 is 22.5 Å². The van der Waals surface area contributed by atoms with Crippen LogP contribution in [0.15, 0.2) is 35.1 Å². The molecule has 0 spiro atoms. The van der Waals surface area contributed by atoms with Gasteiger partial charge >= 0.3 is 0 Å². The summed E-state index contributed by atoms with van der Waals surface area (Å²) < 4.78 is 0. The Balaban J connectivity index is 2.31. The molecule has 0 fully saturated rings. The van der Waals surface area contributed by atoms with Crippen molar-refractivity contribution in [3.05, 3.63) is 56.4 Å². The van der Waals surface area contributed by atoms with E-state index in [-0.39, 0.29) is 18.5 Å². The van der Waals surface area contributed by atoms with E-state index < -0.39 is 15.7 Å². The minimum atomic E-state index is -0.525. The first kappa shape index (κ1) is 14.9. The molecule has 1 aromatic heterocycles. The lowest BCUT2D eigenvalue weighted by molar-refractivity contribution is -0.384. The van der Waals surface area contributed by atoms with Crippen molar-refractivity contribution in [2.45, 2.75) is 12.8 Å². The van der Waals surface area contributed by atoms with Crippen molar-refractivity contribution in [3.8, 4) is 11.3 Å². The van der Waals surface area contributed by atoms with Gasteiger partial charge in [-0.25, -0.2) is 5.10 Å². The number of carbonyl (C=O) groups is 1. The molecule has 108 valence electrons. The zero-order valence-electron chi connectivity index (χ0n) is 10.7. The normalized spacial score (nSPS) is 10.3. The van der Waals surface area contributed by atoms with E-state index >= 15 is 0 Å². The Hall–Kier alpha value is -2.54. The van der Waals surface area contributed by atoms with Gasteiger partial charge in [0.2, 0.25) is 5.24 Å². The van der Waals surface area contributed by atoms with Gasteiger partial charge in [0.05, 0.1) is 10.6 Å². The molecule has 0 aliphatic heterocycles. The second kappa shape index (κ2) is 6.27. The maximum Gasteiger partial charge on any atom is 0.269 e. The molecular formula is C13H10ClN3O4. The molecule has 0 unspecified atom stereocenters. The number of benzene rings is 1. The third-order valence-electron chi connectivity index (χ3n) is 2.85. The number of nitrogens with one attached hydrogen (secondary N) is 1. The fourth-order valence-corrected chi connectivity index (χ4v) is 1.86. The number of aromatic amines is 1. The third-order valence-corrected chi connectivity index (χ3v) is 3.03. The first-order chi connectivity index (χ1) is 9.97. The quantitative estimate of drug-likeness (QED) is 0.517. The summed E-state index contributed by atoms with van der Waals surface area (Å²) in [5, 5.41) is 16.3. The van der Waals surface area contributed by atoms with Gasteiger partial charge in [-0.2, -0.15) is 5.10 Å². The molecule has 0 aliphatic carbocycles. The van der Waals surface area contributed by atoms with Crippen LogP contribution in [0.5, 0.6) is 0 Å². The van der Waals surface area contributed by atoms with Gasteiger partial charge in [-0.3, -0.25) is 19.7 Å². The van der Waals surface area contributed by atoms with Crippen LogP contribution in [-0.4, -0.2) is 20.4 Å². The van der Waals surface area contributed by atoms with E-state index in [0.717, 1.165) is 0 Å². The second-order valence-electron chi connectivity index (χ2n) is 4.27. The van der Waals surface area contributed by atoms with Crippen LogP contribution in [0.1, 0.15) is 12.0 Å². The van der Waals surface area contributed by atoms with Crippen LogP contribution in [0.25, 0.3) is 11.3 Å². The van der Waals surface area contributed by atoms with E-state index in [1.807, 2.05) is 0 Å². The Morgan fingerprint density at radius 1 is 1.33 bits per heavy atom. The molecular weight excluding hydrogens is 298 g/mol. The molecule has 0 saturated heterocycles. The number of H-pyrrole nitrogens is 1. The summed E-state index contributed by atoms with van der Waals surface area (Å²) in [6, 6.07) is 7.32. The highest BCUT2D eigenvalue weighted by atomic mass is 35.5. The highest BCUT2D eigenvalue weighted by Crippen LogP contribution is 2.20. The summed E-state index contributed by atoms with van der Waals surface area (Å²) in [5.41, 5.74) is 1.04. The van der Waals surface area contributed by atoms with Gasteiger partial charge in [0.1, 0.15) is 0 Å². The van der Waals surface area contributed by atoms with Crippen molar-refractivity contribution in [1.29, 1.82) is 0 Å². The van der Waals surface area contributed by atoms with E-state index in [1.165, 1.54) is 24.3 Å². The molecule has 0 radical (unpaired) electrons. The predicted octanol–water partition coefficient (Wildman–Crippen LogP) is 2.04. The predicted molar refractivity (Wildman–Crippen MR) is 76.1 cm³/mol. The Bertz CT molecular complexity index is 740. The monoisotopic (exact) mass is 307 g/mol. The molecule has 21 heavy (non-hydrogen) atoms. The summed E-state index contributed by atoms with van der Waals surface area (Å²) in [7, 11) is 0. The number of hydrogen-bond acceptors (Lipinski definition) is 5. The van der Waals surface area contributed by atoms with E-state index in [4.69, 9.17) is 11.6 Å². The zero-order valence-corrected chi connectivity index (χ0v) is 11.5. The van der Waals surface area contributed by atoms with E-state index in [9.17, 15) is 19.7 Å². The Morgan fingerprint density at radius 2 is 2.00 bits per heavy atom. The third kappa shape index (κ3) is 3.73. The first-order valence-electron chi connectivity index (χ1n) is 5.99.